The highest BCUT2D eigenvalue weighted by molar-refractivity contribution is 5.95. The number of nitro groups is 1. The van der Waals surface area contributed by atoms with Crippen LogP contribution in [0, 0.1) is 10.1 Å². The number of carbonyl (C=O) groups is 1. The quantitative estimate of drug-likeness (QED) is 0.470. The Kier molecular flexibility index (Phi) is 6.26. The number of nitro benzene ring substituents is 1. The Balaban J connectivity index is 1.65. The van der Waals surface area contributed by atoms with Crippen molar-refractivity contribution in [3.05, 3.63) is 45.5 Å². The zero-order valence-electron chi connectivity index (χ0n) is 15.2. The minimum atomic E-state index is -0.381. The van der Waals surface area contributed by atoms with Crippen molar-refractivity contribution in [3.63, 3.8) is 0 Å². The normalized spacial score (nSPS) is 17.5. The van der Waals surface area contributed by atoms with E-state index in [1.165, 1.54) is 30.9 Å². The lowest BCUT2D eigenvalue weighted by atomic mass is 9.97. The number of nitrogens with one attached hydrogen (secondary N) is 1. The van der Waals surface area contributed by atoms with Gasteiger partial charge < -0.3 is 10.2 Å². The molecule has 0 unspecified atom stereocenters. The van der Waals surface area contributed by atoms with Crippen molar-refractivity contribution < 1.29 is 9.72 Å². The van der Waals surface area contributed by atoms with Gasteiger partial charge in [-0.15, -0.1) is 0 Å². The number of nitrogens with zero attached hydrogens (tertiary/aromatic N) is 2. The fourth-order valence-corrected chi connectivity index (χ4v) is 3.78. The molecule has 140 valence electrons. The standard InChI is InChI=1S/C20H27N3O3/c24-20(21-12-11-16-7-3-1-4-8-16)17-9-10-18(19(15-17)23(25)26)22-13-5-2-6-14-22/h7,9-10,15H,1-6,8,11-14H2,(H,21,24). The van der Waals surface area contributed by atoms with E-state index in [4.69, 9.17) is 0 Å². The summed E-state index contributed by atoms with van der Waals surface area (Å²) in [5, 5.41) is 14.4. The van der Waals surface area contributed by atoms with E-state index in [0.717, 1.165) is 45.2 Å². The Bertz CT molecular complexity index is 694. The van der Waals surface area contributed by atoms with Crippen LogP contribution in [-0.2, 0) is 0 Å². The van der Waals surface area contributed by atoms with Gasteiger partial charge in [0.15, 0.2) is 0 Å². The van der Waals surface area contributed by atoms with E-state index in [1.807, 2.05) is 0 Å². The van der Waals surface area contributed by atoms with Gasteiger partial charge in [0.05, 0.1) is 4.92 Å². The molecule has 0 bridgehead atoms. The molecule has 0 radical (unpaired) electrons. The first-order valence-electron chi connectivity index (χ1n) is 9.64. The molecule has 2 aliphatic rings. The van der Waals surface area contributed by atoms with Crippen LogP contribution >= 0.6 is 0 Å². The first-order valence-corrected chi connectivity index (χ1v) is 9.64. The Morgan fingerprint density at radius 1 is 1.15 bits per heavy atom. The number of piperidine rings is 1. The van der Waals surface area contributed by atoms with E-state index in [1.54, 1.807) is 12.1 Å². The van der Waals surface area contributed by atoms with Gasteiger partial charge in [-0.05, 0) is 63.5 Å². The van der Waals surface area contributed by atoms with Crippen molar-refractivity contribution in [2.45, 2.75) is 51.4 Å². The smallest absolute Gasteiger partial charge is 0.293 e. The molecule has 1 aliphatic carbocycles. The molecule has 0 spiro atoms. The third kappa shape index (κ3) is 4.62. The van der Waals surface area contributed by atoms with Crippen LogP contribution in [0.15, 0.2) is 29.8 Å². The molecule has 3 rings (SSSR count). The number of rotatable bonds is 6. The maximum Gasteiger partial charge on any atom is 0.293 e. The zero-order valence-corrected chi connectivity index (χ0v) is 15.2. The van der Waals surface area contributed by atoms with Crippen LogP contribution in [0.2, 0.25) is 0 Å². The van der Waals surface area contributed by atoms with Crippen LogP contribution in [-0.4, -0.2) is 30.5 Å². The molecule has 0 saturated carbocycles. The summed E-state index contributed by atoms with van der Waals surface area (Å²) in [4.78, 5) is 25.6. The molecule has 1 saturated heterocycles. The van der Waals surface area contributed by atoms with E-state index >= 15 is 0 Å². The van der Waals surface area contributed by atoms with Crippen molar-refractivity contribution >= 4 is 17.3 Å². The van der Waals surface area contributed by atoms with Gasteiger partial charge in [0.2, 0.25) is 0 Å². The molecule has 0 aromatic heterocycles. The number of carbonyl (C=O) groups excluding carboxylic acids is 1. The van der Waals surface area contributed by atoms with E-state index in [2.05, 4.69) is 16.3 Å². The predicted molar refractivity (Wildman–Crippen MR) is 103 cm³/mol. The lowest BCUT2D eigenvalue weighted by molar-refractivity contribution is -0.384. The van der Waals surface area contributed by atoms with E-state index in [-0.39, 0.29) is 16.5 Å². The monoisotopic (exact) mass is 357 g/mol. The van der Waals surface area contributed by atoms with Crippen molar-refractivity contribution in [2.75, 3.05) is 24.5 Å². The second kappa shape index (κ2) is 8.83. The van der Waals surface area contributed by atoms with Crippen molar-refractivity contribution in [1.82, 2.24) is 5.32 Å². The average Bonchev–Trinajstić information content (AvgIpc) is 2.69. The van der Waals surface area contributed by atoms with Crippen LogP contribution in [0.1, 0.15) is 61.7 Å². The molecule has 1 fully saturated rings. The van der Waals surface area contributed by atoms with Crippen molar-refractivity contribution in [3.8, 4) is 0 Å². The number of anilines is 1. The van der Waals surface area contributed by atoms with Gasteiger partial charge in [0.25, 0.3) is 11.6 Å². The van der Waals surface area contributed by atoms with Gasteiger partial charge in [-0.2, -0.15) is 0 Å². The van der Waals surface area contributed by atoms with Gasteiger partial charge in [0, 0.05) is 31.3 Å². The summed E-state index contributed by atoms with van der Waals surface area (Å²) < 4.78 is 0. The van der Waals surface area contributed by atoms with Crippen LogP contribution in [0.3, 0.4) is 0 Å². The van der Waals surface area contributed by atoms with E-state index < -0.39 is 0 Å². The summed E-state index contributed by atoms with van der Waals surface area (Å²) in [5.74, 6) is -0.241. The number of allylic oxidation sites excluding steroid dienone is 1. The van der Waals surface area contributed by atoms with Gasteiger partial charge in [-0.1, -0.05) is 11.6 Å². The molecule has 6 nitrogen and oxygen atoms in total. The Hall–Kier alpha value is -2.37. The Labute approximate surface area is 154 Å². The van der Waals surface area contributed by atoms with Gasteiger partial charge in [-0.3, -0.25) is 14.9 Å². The molecule has 0 atom stereocenters. The van der Waals surface area contributed by atoms with Gasteiger partial charge in [0.1, 0.15) is 5.69 Å². The lowest BCUT2D eigenvalue weighted by Gasteiger charge is -2.28. The fraction of sp³-hybridized carbons (Fsp3) is 0.550. The highest BCUT2D eigenvalue weighted by Crippen LogP contribution is 2.31. The van der Waals surface area contributed by atoms with Gasteiger partial charge in [-0.25, -0.2) is 0 Å². The number of hydrogen-bond acceptors (Lipinski definition) is 4. The minimum absolute atomic E-state index is 0.0227. The second-order valence-electron chi connectivity index (χ2n) is 7.12. The lowest BCUT2D eigenvalue weighted by Crippen LogP contribution is -2.30. The molecule has 1 heterocycles. The largest absolute Gasteiger partial charge is 0.366 e. The Morgan fingerprint density at radius 3 is 2.65 bits per heavy atom. The van der Waals surface area contributed by atoms with E-state index in [0.29, 0.717) is 17.8 Å². The summed E-state index contributed by atoms with van der Waals surface area (Å²) in [5.41, 5.74) is 2.41. The van der Waals surface area contributed by atoms with Crippen LogP contribution in [0.25, 0.3) is 0 Å². The predicted octanol–water partition coefficient (Wildman–Crippen LogP) is 4.21. The molecular formula is C20H27N3O3. The zero-order chi connectivity index (χ0) is 18.4. The van der Waals surface area contributed by atoms with Crippen molar-refractivity contribution in [1.29, 1.82) is 0 Å². The Morgan fingerprint density at radius 2 is 1.96 bits per heavy atom. The summed E-state index contributed by atoms with van der Waals surface area (Å²) in [7, 11) is 0. The summed E-state index contributed by atoms with van der Waals surface area (Å²) in [6.45, 7) is 2.25. The summed E-state index contributed by atoms with van der Waals surface area (Å²) in [6, 6.07) is 4.84. The third-order valence-corrected chi connectivity index (χ3v) is 5.25. The topological polar surface area (TPSA) is 75.5 Å². The fourth-order valence-electron chi connectivity index (χ4n) is 3.78. The number of hydrogen-bond donors (Lipinski definition) is 1. The molecule has 1 amide bonds. The van der Waals surface area contributed by atoms with Gasteiger partial charge >= 0.3 is 0 Å². The van der Waals surface area contributed by atoms with Crippen LogP contribution < -0.4 is 10.2 Å². The first-order chi connectivity index (χ1) is 12.6. The highest BCUT2D eigenvalue weighted by atomic mass is 16.6. The molecule has 1 aromatic carbocycles. The number of amides is 1. The third-order valence-electron chi connectivity index (χ3n) is 5.25. The number of benzene rings is 1. The average molecular weight is 357 g/mol. The van der Waals surface area contributed by atoms with Crippen LogP contribution in [0.4, 0.5) is 11.4 Å². The summed E-state index contributed by atoms with van der Waals surface area (Å²) in [6.07, 6.45) is 11.1. The molecule has 26 heavy (non-hydrogen) atoms. The second-order valence-corrected chi connectivity index (χ2v) is 7.12. The highest BCUT2D eigenvalue weighted by Gasteiger charge is 2.23. The molecule has 6 heteroatoms. The SMILES string of the molecule is O=C(NCCC1=CCCCC1)c1ccc(N2CCCCC2)c([N+](=O)[O-])c1. The first kappa shape index (κ1) is 18.4. The summed E-state index contributed by atoms with van der Waals surface area (Å²) >= 11 is 0. The molecule has 1 aromatic rings. The maximum absolute atomic E-state index is 12.4. The van der Waals surface area contributed by atoms with Crippen molar-refractivity contribution in [2.24, 2.45) is 0 Å². The molecular weight excluding hydrogens is 330 g/mol. The minimum Gasteiger partial charge on any atom is -0.366 e. The maximum atomic E-state index is 12.4. The van der Waals surface area contributed by atoms with E-state index in [9.17, 15) is 14.9 Å². The molecule has 1 N–H and O–H groups in total. The van der Waals surface area contributed by atoms with Crippen LogP contribution in [0.5, 0.6) is 0 Å². The molecule has 1 aliphatic heterocycles.